The van der Waals surface area contributed by atoms with Gasteiger partial charge in [0.15, 0.2) is 0 Å². The third kappa shape index (κ3) is 1.62. The van der Waals surface area contributed by atoms with Gasteiger partial charge in [-0.2, -0.15) is 0 Å². The maximum atomic E-state index is 11.3. The van der Waals surface area contributed by atoms with E-state index in [1.807, 2.05) is 37.5 Å². The predicted molar refractivity (Wildman–Crippen MR) is 69.1 cm³/mol. The van der Waals surface area contributed by atoms with Crippen molar-refractivity contribution in [2.24, 2.45) is 0 Å². The average Bonchev–Trinajstić information content (AvgIpc) is 2.56. The molecular formula is C13H14ClNO2. The van der Waals surface area contributed by atoms with E-state index in [9.17, 15) is 9.90 Å². The van der Waals surface area contributed by atoms with Gasteiger partial charge in [-0.25, -0.2) is 4.79 Å². The molecule has 17 heavy (non-hydrogen) atoms. The van der Waals surface area contributed by atoms with Crippen LogP contribution in [-0.4, -0.2) is 15.6 Å². The molecule has 90 valence electrons. The van der Waals surface area contributed by atoms with Crippen LogP contribution in [0.1, 0.15) is 28.4 Å². The number of hydrogen-bond acceptors (Lipinski definition) is 1. The summed E-state index contributed by atoms with van der Waals surface area (Å²) in [5.41, 5.74) is 3.35. The fraction of sp³-hybridized carbons (Fsp3) is 0.308. The van der Waals surface area contributed by atoms with Gasteiger partial charge < -0.3 is 9.67 Å². The number of carboxylic acids is 1. The quantitative estimate of drug-likeness (QED) is 0.886. The molecule has 2 aromatic rings. The van der Waals surface area contributed by atoms with Crippen molar-refractivity contribution in [3.8, 4) is 0 Å². The number of aromatic carboxylic acids is 1. The molecule has 0 unspecified atom stereocenters. The first kappa shape index (κ1) is 12.0. The molecule has 4 heteroatoms. The Hall–Kier alpha value is -1.48. The largest absolute Gasteiger partial charge is 0.478 e. The van der Waals surface area contributed by atoms with Crippen molar-refractivity contribution in [1.82, 2.24) is 4.57 Å². The van der Waals surface area contributed by atoms with Crippen molar-refractivity contribution in [2.75, 3.05) is 0 Å². The van der Waals surface area contributed by atoms with Crippen LogP contribution in [0.2, 0.25) is 5.15 Å². The lowest BCUT2D eigenvalue weighted by Gasteiger charge is -2.07. The summed E-state index contributed by atoms with van der Waals surface area (Å²) in [7, 11) is 0. The molecule has 0 saturated heterocycles. The molecule has 0 aliphatic rings. The van der Waals surface area contributed by atoms with Gasteiger partial charge in [-0.3, -0.25) is 0 Å². The predicted octanol–water partition coefficient (Wildman–Crippen LogP) is 3.63. The molecule has 0 fully saturated rings. The molecule has 3 nitrogen and oxygen atoms in total. The van der Waals surface area contributed by atoms with Crippen molar-refractivity contribution in [3.05, 3.63) is 34.0 Å². The van der Waals surface area contributed by atoms with Gasteiger partial charge in [0.2, 0.25) is 0 Å². The summed E-state index contributed by atoms with van der Waals surface area (Å²) in [5.74, 6) is -0.976. The average molecular weight is 252 g/mol. The smallest absolute Gasteiger partial charge is 0.339 e. The molecule has 0 aliphatic heterocycles. The summed E-state index contributed by atoms with van der Waals surface area (Å²) in [4.78, 5) is 11.3. The number of aromatic nitrogens is 1. The van der Waals surface area contributed by atoms with Crippen LogP contribution in [0.4, 0.5) is 0 Å². The van der Waals surface area contributed by atoms with E-state index in [1.165, 1.54) is 0 Å². The van der Waals surface area contributed by atoms with Gasteiger partial charge in [0.05, 0.1) is 5.52 Å². The maximum Gasteiger partial charge on any atom is 0.339 e. The van der Waals surface area contributed by atoms with E-state index in [2.05, 4.69) is 0 Å². The summed E-state index contributed by atoms with van der Waals surface area (Å²) < 4.78 is 1.85. The number of nitrogens with zero attached hydrogens (tertiary/aromatic N) is 1. The first-order valence-electron chi connectivity index (χ1n) is 5.50. The molecule has 0 spiro atoms. The third-order valence-corrected chi connectivity index (χ3v) is 3.61. The highest BCUT2D eigenvalue weighted by Gasteiger charge is 2.21. The standard InChI is InChI=1S/C13H14ClNO2/c1-4-15-11-8(3)7(2)5-6-9(11)10(12(15)14)13(16)17/h5-6H,4H2,1-3H3,(H,16,17). The number of rotatable bonds is 2. The van der Waals surface area contributed by atoms with E-state index in [0.29, 0.717) is 17.1 Å². The Kier molecular flexibility index (Phi) is 2.87. The molecule has 0 bridgehead atoms. The second-order valence-electron chi connectivity index (χ2n) is 4.12. The first-order valence-corrected chi connectivity index (χ1v) is 5.88. The van der Waals surface area contributed by atoms with Crippen molar-refractivity contribution < 1.29 is 9.90 Å². The zero-order valence-electron chi connectivity index (χ0n) is 10.0. The summed E-state index contributed by atoms with van der Waals surface area (Å²) in [5, 5.41) is 10.3. The van der Waals surface area contributed by atoms with E-state index in [-0.39, 0.29) is 5.56 Å². The van der Waals surface area contributed by atoms with Crippen LogP contribution in [0.3, 0.4) is 0 Å². The molecule has 0 radical (unpaired) electrons. The van der Waals surface area contributed by atoms with Crippen LogP contribution < -0.4 is 0 Å². The molecule has 0 aliphatic carbocycles. The zero-order chi connectivity index (χ0) is 12.7. The number of fused-ring (bicyclic) bond motifs is 1. The molecule has 0 saturated carbocycles. The molecular weight excluding hydrogens is 238 g/mol. The Morgan fingerprint density at radius 2 is 2.06 bits per heavy atom. The second kappa shape index (κ2) is 4.08. The van der Waals surface area contributed by atoms with Gasteiger partial charge in [0.1, 0.15) is 10.7 Å². The fourth-order valence-electron chi connectivity index (χ4n) is 2.20. The highest BCUT2D eigenvalue weighted by molar-refractivity contribution is 6.35. The Balaban J connectivity index is 3.00. The maximum absolute atomic E-state index is 11.3. The van der Waals surface area contributed by atoms with E-state index in [1.54, 1.807) is 0 Å². The summed E-state index contributed by atoms with van der Waals surface area (Å²) in [6, 6.07) is 3.76. The lowest BCUT2D eigenvalue weighted by Crippen LogP contribution is -1.98. The SMILES string of the molecule is CCn1c(Cl)c(C(=O)O)c2ccc(C)c(C)c21. The first-order chi connectivity index (χ1) is 7.99. The number of benzene rings is 1. The zero-order valence-corrected chi connectivity index (χ0v) is 10.8. The van der Waals surface area contributed by atoms with Gasteiger partial charge in [-0.15, -0.1) is 0 Å². The molecule has 1 aromatic heterocycles. The number of aryl methyl sites for hydroxylation is 3. The van der Waals surface area contributed by atoms with Crippen LogP contribution in [-0.2, 0) is 6.54 Å². The number of hydrogen-bond donors (Lipinski definition) is 1. The van der Waals surface area contributed by atoms with Gasteiger partial charge in [-0.1, -0.05) is 23.7 Å². The number of halogens is 1. The fourth-order valence-corrected chi connectivity index (χ4v) is 2.58. The van der Waals surface area contributed by atoms with Gasteiger partial charge in [-0.05, 0) is 31.9 Å². The third-order valence-electron chi connectivity index (χ3n) is 3.21. The highest BCUT2D eigenvalue weighted by Crippen LogP contribution is 2.33. The molecule has 0 amide bonds. The Bertz CT molecular complexity index is 614. The summed E-state index contributed by atoms with van der Waals surface area (Å²) in [6.07, 6.45) is 0. The van der Waals surface area contributed by atoms with E-state index in [0.717, 1.165) is 16.6 Å². The molecule has 2 rings (SSSR count). The molecule has 0 atom stereocenters. The number of carboxylic acid groups (broad SMARTS) is 1. The monoisotopic (exact) mass is 251 g/mol. The van der Waals surface area contributed by atoms with E-state index >= 15 is 0 Å². The van der Waals surface area contributed by atoms with Gasteiger partial charge in [0, 0.05) is 11.9 Å². The van der Waals surface area contributed by atoms with Crippen molar-refractivity contribution in [3.63, 3.8) is 0 Å². The van der Waals surface area contributed by atoms with Crippen molar-refractivity contribution in [2.45, 2.75) is 27.3 Å². The van der Waals surface area contributed by atoms with Crippen molar-refractivity contribution in [1.29, 1.82) is 0 Å². The highest BCUT2D eigenvalue weighted by atomic mass is 35.5. The van der Waals surface area contributed by atoms with Gasteiger partial charge >= 0.3 is 5.97 Å². The van der Waals surface area contributed by atoms with Crippen LogP contribution in [0.5, 0.6) is 0 Å². The van der Waals surface area contributed by atoms with Crippen molar-refractivity contribution >= 4 is 28.5 Å². The minimum Gasteiger partial charge on any atom is -0.478 e. The summed E-state index contributed by atoms with van der Waals surface area (Å²) in [6.45, 7) is 6.62. The second-order valence-corrected chi connectivity index (χ2v) is 4.48. The Morgan fingerprint density at radius 3 is 2.59 bits per heavy atom. The normalized spacial score (nSPS) is 11.1. The van der Waals surface area contributed by atoms with Crippen LogP contribution in [0.15, 0.2) is 12.1 Å². The van der Waals surface area contributed by atoms with Crippen LogP contribution in [0, 0.1) is 13.8 Å². The minimum absolute atomic E-state index is 0.201. The summed E-state index contributed by atoms with van der Waals surface area (Å²) >= 11 is 6.15. The topological polar surface area (TPSA) is 42.2 Å². The van der Waals surface area contributed by atoms with Crippen LogP contribution in [0.25, 0.3) is 10.9 Å². The minimum atomic E-state index is -0.976. The molecule has 1 aromatic carbocycles. The van der Waals surface area contributed by atoms with Gasteiger partial charge in [0.25, 0.3) is 0 Å². The molecule has 1 N–H and O–H groups in total. The van der Waals surface area contributed by atoms with E-state index in [4.69, 9.17) is 11.6 Å². The molecule has 1 heterocycles. The Labute approximate surface area is 105 Å². The van der Waals surface area contributed by atoms with Crippen LogP contribution >= 0.6 is 11.6 Å². The van der Waals surface area contributed by atoms with E-state index < -0.39 is 5.97 Å². The Morgan fingerprint density at radius 1 is 1.41 bits per heavy atom. The lowest BCUT2D eigenvalue weighted by molar-refractivity contribution is 0.0699. The lowest BCUT2D eigenvalue weighted by atomic mass is 10.0. The number of carbonyl (C=O) groups is 1.